The van der Waals surface area contributed by atoms with Crippen molar-refractivity contribution in [3.8, 4) is 5.75 Å². The second kappa shape index (κ2) is 5.09. The number of methoxy groups -OCH3 is 1. The van der Waals surface area contributed by atoms with Gasteiger partial charge in [0.1, 0.15) is 10.1 Å². The minimum absolute atomic E-state index is 0.464. The number of rotatable bonds is 3. The van der Waals surface area contributed by atoms with Gasteiger partial charge in [0.05, 0.1) is 7.11 Å². The summed E-state index contributed by atoms with van der Waals surface area (Å²) in [5.74, 6) is 1.64. The SMILES string of the molecule is COc1ccccc1CSC(N)=S. The van der Waals surface area contributed by atoms with Crippen LogP contribution in [0.2, 0.25) is 0 Å². The molecule has 0 aliphatic carbocycles. The van der Waals surface area contributed by atoms with Gasteiger partial charge in [0.15, 0.2) is 0 Å². The molecular formula is C9H11NOS2. The van der Waals surface area contributed by atoms with Crippen LogP contribution in [0.5, 0.6) is 5.75 Å². The van der Waals surface area contributed by atoms with Gasteiger partial charge in [-0.1, -0.05) is 42.2 Å². The van der Waals surface area contributed by atoms with Gasteiger partial charge in [0.25, 0.3) is 0 Å². The van der Waals surface area contributed by atoms with Crippen molar-refractivity contribution in [1.29, 1.82) is 0 Å². The molecule has 0 amide bonds. The maximum Gasteiger partial charge on any atom is 0.131 e. The van der Waals surface area contributed by atoms with Crippen LogP contribution in [0.25, 0.3) is 0 Å². The van der Waals surface area contributed by atoms with E-state index in [1.165, 1.54) is 11.8 Å². The Hall–Kier alpha value is -0.740. The second-order valence-electron chi connectivity index (χ2n) is 2.42. The molecule has 0 aliphatic rings. The highest BCUT2D eigenvalue weighted by Crippen LogP contribution is 2.22. The maximum atomic E-state index is 5.39. The quantitative estimate of drug-likeness (QED) is 0.781. The molecule has 2 nitrogen and oxygen atoms in total. The molecule has 1 rings (SSSR count). The molecule has 0 atom stereocenters. The third-order valence-corrected chi connectivity index (χ3v) is 2.66. The number of ether oxygens (including phenoxy) is 1. The van der Waals surface area contributed by atoms with Gasteiger partial charge >= 0.3 is 0 Å². The first-order chi connectivity index (χ1) is 6.24. The van der Waals surface area contributed by atoms with Crippen molar-refractivity contribution in [2.24, 2.45) is 5.73 Å². The number of hydrogen-bond donors (Lipinski definition) is 1. The monoisotopic (exact) mass is 213 g/mol. The molecule has 1 aromatic carbocycles. The Morgan fingerprint density at radius 3 is 2.85 bits per heavy atom. The Labute approximate surface area is 87.5 Å². The van der Waals surface area contributed by atoms with Crippen LogP contribution in [0.1, 0.15) is 5.56 Å². The molecule has 0 saturated carbocycles. The highest BCUT2D eigenvalue weighted by molar-refractivity contribution is 8.22. The van der Waals surface area contributed by atoms with Crippen molar-refractivity contribution in [3.05, 3.63) is 29.8 Å². The lowest BCUT2D eigenvalue weighted by atomic mass is 10.2. The van der Waals surface area contributed by atoms with Gasteiger partial charge in [-0.05, 0) is 6.07 Å². The summed E-state index contributed by atoms with van der Waals surface area (Å²) in [5.41, 5.74) is 6.50. The minimum Gasteiger partial charge on any atom is -0.496 e. The Kier molecular flexibility index (Phi) is 4.05. The highest BCUT2D eigenvalue weighted by atomic mass is 32.2. The van der Waals surface area contributed by atoms with E-state index in [2.05, 4.69) is 0 Å². The first-order valence-electron chi connectivity index (χ1n) is 3.78. The van der Waals surface area contributed by atoms with Crippen LogP contribution in [0, 0.1) is 0 Å². The summed E-state index contributed by atoms with van der Waals surface area (Å²) in [5, 5.41) is 0. The van der Waals surface area contributed by atoms with E-state index in [4.69, 9.17) is 22.7 Å². The third-order valence-electron chi connectivity index (χ3n) is 1.56. The first-order valence-corrected chi connectivity index (χ1v) is 5.17. The molecular weight excluding hydrogens is 202 g/mol. The van der Waals surface area contributed by atoms with Crippen molar-refractivity contribution in [2.45, 2.75) is 5.75 Å². The molecule has 0 fully saturated rings. The average molecular weight is 213 g/mol. The summed E-state index contributed by atoms with van der Waals surface area (Å²) in [6.07, 6.45) is 0. The minimum atomic E-state index is 0.464. The lowest BCUT2D eigenvalue weighted by Crippen LogP contribution is -2.02. The Balaban J connectivity index is 2.69. The Morgan fingerprint density at radius 1 is 1.54 bits per heavy atom. The Bertz CT molecular complexity index is 301. The topological polar surface area (TPSA) is 35.2 Å². The van der Waals surface area contributed by atoms with E-state index in [-0.39, 0.29) is 0 Å². The van der Waals surface area contributed by atoms with Crippen LogP contribution in [0.15, 0.2) is 24.3 Å². The largest absolute Gasteiger partial charge is 0.496 e. The van der Waals surface area contributed by atoms with Gasteiger partial charge in [-0.2, -0.15) is 0 Å². The summed E-state index contributed by atoms with van der Waals surface area (Å²) in [7, 11) is 1.66. The maximum absolute atomic E-state index is 5.39. The van der Waals surface area contributed by atoms with E-state index in [1.54, 1.807) is 7.11 Å². The molecule has 1 aromatic rings. The molecule has 4 heteroatoms. The molecule has 70 valence electrons. The van der Waals surface area contributed by atoms with Crippen LogP contribution in [0.4, 0.5) is 0 Å². The smallest absolute Gasteiger partial charge is 0.131 e. The van der Waals surface area contributed by atoms with Gasteiger partial charge in [-0.3, -0.25) is 0 Å². The van der Waals surface area contributed by atoms with Crippen LogP contribution >= 0.6 is 24.0 Å². The molecule has 0 bridgehead atoms. The number of thiocarbonyl (C=S) groups is 1. The van der Waals surface area contributed by atoms with Crippen molar-refractivity contribution in [3.63, 3.8) is 0 Å². The number of para-hydroxylation sites is 1. The number of thioether (sulfide) groups is 1. The molecule has 0 unspecified atom stereocenters. The zero-order valence-corrected chi connectivity index (χ0v) is 8.95. The summed E-state index contributed by atoms with van der Waals surface area (Å²) in [6, 6.07) is 7.84. The zero-order chi connectivity index (χ0) is 9.68. The van der Waals surface area contributed by atoms with Crippen LogP contribution < -0.4 is 10.5 Å². The fourth-order valence-electron chi connectivity index (χ4n) is 0.971. The molecule has 0 aromatic heterocycles. The lowest BCUT2D eigenvalue weighted by molar-refractivity contribution is 0.411. The summed E-state index contributed by atoms with van der Waals surface area (Å²) in [6.45, 7) is 0. The fraction of sp³-hybridized carbons (Fsp3) is 0.222. The van der Waals surface area contributed by atoms with Crippen molar-refractivity contribution >= 4 is 28.3 Å². The molecule has 0 spiro atoms. The predicted octanol–water partition coefficient (Wildman–Crippen LogP) is 2.17. The highest BCUT2D eigenvalue weighted by Gasteiger charge is 2.01. The average Bonchev–Trinajstić information content (AvgIpc) is 2.15. The van der Waals surface area contributed by atoms with Gasteiger partial charge in [0, 0.05) is 11.3 Å². The molecule has 2 N–H and O–H groups in total. The third kappa shape index (κ3) is 3.24. The molecule has 13 heavy (non-hydrogen) atoms. The van der Waals surface area contributed by atoms with Gasteiger partial charge in [0.2, 0.25) is 0 Å². The van der Waals surface area contributed by atoms with E-state index in [1.807, 2.05) is 24.3 Å². The predicted molar refractivity (Wildman–Crippen MR) is 61.1 cm³/mol. The number of benzene rings is 1. The van der Waals surface area contributed by atoms with Crippen LogP contribution in [-0.2, 0) is 5.75 Å². The first kappa shape index (κ1) is 10.3. The van der Waals surface area contributed by atoms with E-state index >= 15 is 0 Å². The van der Waals surface area contributed by atoms with E-state index in [0.29, 0.717) is 4.32 Å². The molecule has 0 saturated heterocycles. The van der Waals surface area contributed by atoms with Gasteiger partial charge in [-0.15, -0.1) is 0 Å². The normalized spacial score (nSPS) is 9.62. The van der Waals surface area contributed by atoms with Gasteiger partial charge < -0.3 is 10.5 Å². The molecule has 0 radical (unpaired) electrons. The van der Waals surface area contributed by atoms with Crippen molar-refractivity contribution in [2.75, 3.05) is 7.11 Å². The van der Waals surface area contributed by atoms with E-state index < -0.39 is 0 Å². The zero-order valence-electron chi connectivity index (χ0n) is 7.32. The van der Waals surface area contributed by atoms with Crippen LogP contribution in [0.3, 0.4) is 0 Å². The summed E-state index contributed by atoms with van der Waals surface area (Å²) >= 11 is 6.22. The summed E-state index contributed by atoms with van der Waals surface area (Å²) in [4.78, 5) is 0. The molecule has 0 heterocycles. The molecule has 0 aliphatic heterocycles. The summed E-state index contributed by atoms with van der Waals surface area (Å²) < 4.78 is 5.64. The number of hydrogen-bond acceptors (Lipinski definition) is 3. The van der Waals surface area contributed by atoms with Gasteiger partial charge in [-0.25, -0.2) is 0 Å². The number of nitrogens with two attached hydrogens (primary N) is 1. The van der Waals surface area contributed by atoms with E-state index in [0.717, 1.165) is 17.1 Å². The lowest BCUT2D eigenvalue weighted by Gasteiger charge is -2.06. The standard InChI is InChI=1S/C9H11NOS2/c1-11-8-5-3-2-4-7(8)6-13-9(10)12/h2-5H,6H2,1H3,(H2,10,12). The van der Waals surface area contributed by atoms with Crippen LogP contribution in [-0.4, -0.2) is 11.4 Å². The second-order valence-corrected chi connectivity index (χ2v) is 4.13. The van der Waals surface area contributed by atoms with Crippen molar-refractivity contribution < 1.29 is 4.74 Å². The fourth-order valence-corrected chi connectivity index (χ4v) is 1.68. The Morgan fingerprint density at radius 2 is 2.23 bits per heavy atom. The van der Waals surface area contributed by atoms with E-state index in [9.17, 15) is 0 Å². The van der Waals surface area contributed by atoms with Crippen molar-refractivity contribution in [1.82, 2.24) is 0 Å².